The molecule has 3 heteroatoms. The van der Waals surface area contributed by atoms with E-state index in [4.69, 9.17) is 0 Å². The summed E-state index contributed by atoms with van der Waals surface area (Å²) < 4.78 is 0. The highest BCUT2D eigenvalue weighted by Gasteiger charge is 2.45. The number of nitrogens with zero attached hydrogens (tertiary/aromatic N) is 2. The van der Waals surface area contributed by atoms with Gasteiger partial charge in [0.15, 0.2) is 0 Å². The molecule has 2 unspecified atom stereocenters. The first-order valence-electron chi connectivity index (χ1n) is 8.88. The quantitative estimate of drug-likeness (QED) is 0.865. The van der Waals surface area contributed by atoms with E-state index in [2.05, 4.69) is 65.3 Å². The van der Waals surface area contributed by atoms with E-state index in [-0.39, 0.29) is 5.92 Å². The Balaban J connectivity index is 1.34. The number of hydrogen-bond acceptors (Lipinski definition) is 2. The van der Waals surface area contributed by atoms with Crippen molar-refractivity contribution in [1.82, 2.24) is 4.90 Å². The number of piperazine rings is 1. The second-order valence-corrected chi connectivity index (χ2v) is 7.01. The Morgan fingerprint density at radius 2 is 1.71 bits per heavy atom. The Morgan fingerprint density at radius 3 is 2.42 bits per heavy atom. The third-order valence-corrected chi connectivity index (χ3v) is 5.29. The van der Waals surface area contributed by atoms with Crippen molar-refractivity contribution in [3.63, 3.8) is 0 Å². The molecule has 1 heterocycles. The number of carbonyl (C=O) groups is 1. The van der Waals surface area contributed by atoms with Crippen molar-refractivity contribution in [3.05, 3.63) is 65.7 Å². The van der Waals surface area contributed by atoms with Gasteiger partial charge in [0.1, 0.15) is 0 Å². The van der Waals surface area contributed by atoms with Crippen molar-refractivity contribution in [1.29, 1.82) is 0 Å². The van der Waals surface area contributed by atoms with Gasteiger partial charge in [0, 0.05) is 37.8 Å². The average Bonchev–Trinajstić information content (AvgIpc) is 3.43. The third kappa shape index (κ3) is 3.03. The first-order chi connectivity index (χ1) is 11.7. The molecule has 1 aliphatic carbocycles. The van der Waals surface area contributed by atoms with E-state index in [1.807, 2.05) is 6.07 Å². The first kappa shape index (κ1) is 15.3. The number of carbonyl (C=O) groups excluding carboxylic acids is 1. The Morgan fingerprint density at radius 1 is 0.958 bits per heavy atom. The fourth-order valence-corrected chi connectivity index (χ4v) is 3.78. The molecular formula is C21H24N2O. The van der Waals surface area contributed by atoms with Gasteiger partial charge in [-0.05, 0) is 42.5 Å². The Hall–Kier alpha value is -2.29. The van der Waals surface area contributed by atoms with Crippen molar-refractivity contribution in [2.45, 2.75) is 19.3 Å². The summed E-state index contributed by atoms with van der Waals surface area (Å²) in [6, 6.07) is 19.1. The standard InChI is InChI=1S/C21H24N2O/c1-16-6-5-9-18(14-16)22-10-12-23(13-11-22)21(24)20-15-19(20)17-7-3-2-4-8-17/h2-9,14,19-20H,10-13,15H2,1H3. The highest BCUT2D eigenvalue weighted by atomic mass is 16.2. The molecule has 2 aromatic rings. The smallest absolute Gasteiger partial charge is 0.226 e. The molecule has 2 atom stereocenters. The van der Waals surface area contributed by atoms with E-state index in [1.54, 1.807) is 0 Å². The lowest BCUT2D eigenvalue weighted by Crippen LogP contribution is -2.49. The summed E-state index contributed by atoms with van der Waals surface area (Å²) in [5.74, 6) is 0.999. The van der Waals surface area contributed by atoms with E-state index in [0.29, 0.717) is 11.8 Å². The van der Waals surface area contributed by atoms with Gasteiger partial charge in [-0.2, -0.15) is 0 Å². The number of aryl methyl sites for hydroxylation is 1. The van der Waals surface area contributed by atoms with Crippen LogP contribution in [0.5, 0.6) is 0 Å². The van der Waals surface area contributed by atoms with Crippen LogP contribution in [0.1, 0.15) is 23.5 Å². The Kier molecular flexibility index (Phi) is 4.01. The van der Waals surface area contributed by atoms with Gasteiger partial charge in [-0.3, -0.25) is 4.79 Å². The van der Waals surface area contributed by atoms with Crippen LogP contribution in [0.15, 0.2) is 54.6 Å². The van der Waals surface area contributed by atoms with Gasteiger partial charge in [0.25, 0.3) is 0 Å². The van der Waals surface area contributed by atoms with Gasteiger partial charge >= 0.3 is 0 Å². The highest BCUT2D eigenvalue weighted by molar-refractivity contribution is 5.83. The van der Waals surface area contributed by atoms with E-state index in [1.165, 1.54) is 16.8 Å². The van der Waals surface area contributed by atoms with E-state index < -0.39 is 0 Å². The van der Waals surface area contributed by atoms with Crippen molar-refractivity contribution >= 4 is 11.6 Å². The zero-order valence-corrected chi connectivity index (χ0v) is 14.2. The maximum atomic E-state index is 12.7. The van der Waals surface area contributed by atoms with Gasteiger partial charge in [-0.15, -0.1) is 0 Å². The number of amides is 1. The molecule has 2 aliphatic rings. The predicted molar refractivity (Wildman–Crippen MR) is 97.3 cm³/mol. The molecule has 0 aromatic heterocycles. The fourth-order valence-electron chi connectivity index (χ4n) is 3.78. The van der Waals surface area contributed by atoms with Crippen LogP contribution in [0.4, 0.5) is 5.69 Å². The van der Waals surface area contributed by atoms with Crippen molar-refractivity contribution in [2.75, 3.05) is 31.1 Å². The number of rotatable bonds is 3. The lowest BCUT2D eigenvalue weighted by molar-refractivity contribution is -0.132. The van der Waals surface area contributed by atoms with E-state index >= 15 is 0 Å². The van der Waals surface area contributed by atoms with Crippen LogP contribution >= 0.6 is 0 Å². The van der Waals surface area contributed by atoms with Crippen LogP contribution in [-0.4, -0.2) is 37.0 Å². The molecule has 1 amide bonds. The van der Waals surface area contributed by atoms with Gasteiger partial charge in [0.2, 0.25) is 5.91 Å². The molecular weight excluding hydrogens is 296 g/mol. The zero-order valence-electron chi connectivity index (χ0n) is 14.2. The third-order valence-electron chi connectivity index (χ3n) is 5.29. The summed E-state index contributed by atoms with van der Waals surface area (Å²) in [6.07, 6.45) is 1.01. The summed E-state index contributed by atoms with van der Waals surface area (Å²) in [7, 11) is 0. The number of benzene rings is 2. The molecule has 0 spiro atoms. The molecule has 24 heavy (non-hydrogen) atoms. The summed E-state index contributed by atoms with van der Waals surface area (Å²) in [4.78, 5) is 17.2. The maximum Gasteiger partial charge on any atom is 0.226 e. The molecule has 0 N–H and O–H groups in total. The summed E-state index contributed by atoms with van der Waals surface area (Å²) in [5.41, 5.74) is 3.87. The Labute approximate surface area is 143 Å². The fraction of sp³-hybridized carbons (Fsp3) is 0.381. The van der Waals surface area contributed by atoms with Gasteiger partial charge < -0.3 is 9.80 Å². The summed E-state index contributed by atoms with van der Waals surface area (Å²) in [5, 5.41) is 0. The Bertz CT molecular complexity index is 720. The molecule has 1 saturated carbocycles. The largest absolute Gasteiger partial charge is 0.368 e. The average molecular weight is 320 g/mol. The first-order valence-corrected chi connectivity index (χ1v) is 8.88. The minimum Gasteiger partial charge on any atom is -0.368 e. The molecule has 3 nitrogen and oxygen atoms in total. The van der Waals surface area contributed by atoms with E-state index in [0.717, 1.165) is 32.6 Å². The topological polar surface area (TPSA) is 23.6 Å². The molecule has 0 bridgehead atoms. The second kappa shape index (κ2) is 6.31. The normalized spacial score (nSPS) is 23.2. The van der Waals surface area contributed by atoms with Crippen molar-refractivity contribution in [3.8, 4) is 0 Å². The monoisotopic (exact) mass is 320 g/mol. The molecule has 1 aliphatic heterocycles. The van der Waals surface area contributed by atoms with Gasteiger partial charge in [0.05, 0.1) is 0 Å². The van der Waals surface area contributed by atoms with Gasteiger partial charge in [-0.1, -0.05) is 42.5 Å². The minimum absolute atomic E-state index is 0.206. The lowest BCUT2D eigenvalue weighted by atomic mass is 10.1. The molecule has 2 aromatic carbocycles. The number of anilines is 1. The summed E-state index contributed by atoms with van der Waals surface area (Å²) in [6.45, 7) is 5.66. The van der Waals surface area contributed by atoms with Crippen LogP contribution in [-0.2, 0) is 4.79 Å². The highest BCUT2D eigenvalue weighted by Crippen LogP contribution is 2.48. The molecule has 2 fully saturated rings. The summed E-state index contributed by atoms with van der Waals surface area (Å²) >= 11 is 0. The maximum absolute atomic E-state index is 12.7. The van der Waals surface area contributed by atoms with Crippen LogP contribution in [0.3, 0.4) is 0 Å². The predicted octanol–water partition coefficient (Wildman–Crippen LogP) is 3.45. The van der Waals surface area contributed by atoms with Crippen LogP contribution in [0.2, 0.25) is 0 Å². The SMILES string of the molecule is Cc1cccc(N2CCN(C(=O)C3CC3c3ccccc3)CC2)c1. The molecule has 1 saturated heterocycles. The minimum atomic E-state index is 0.206. The van der Waals surface area contributed by atoms with Gasteiger partial charge in [-0.25, -0.2) is 0 Å². The van der Waals surface area contributed by atoms with Crippen LogP contribution in [0.25, 0.3) is 0 Å². The number of hydrogen-bond donors (Lipinski definition) is 0. The second-order valence-electron chi connectivity index (χ2n) is 7.01. The molecule has 124 valence electrons. The van der Waals surface area contributed by atoms with Crippen molar-refractivity contribution in [2.24, 2.45) is 5.92 Å². The van der Waals surface area contributed by atoms with Crippen LogP contribution < -0.4 is 4.90 Å². The molecule has 4 rings (SSSR count). The molecule has 0 radical (unpaired) electrons. The van der Waals surface area contributed by atoms with E-state index in [9.17, 15) is 4.79 Å². The zero-order chi connectivity index (χ0) is 16.5. The lowest BCUT2D eigenvalue weighted by Gasteiger charge is -2.36. The van der Waals surface area contributed by atoms with Crippen LogP contribution in [0, 0.1) is 12.8 Å². The van der Waals surface area contributed by atoms with Crippen molar-refractivity contribution < 1.29 is 4.79 Å².